The summed E-state index contributed by atoms with van der Waals surface area (Å²) < 4.78 is 5.32. The Bertz CT molecular complexity index is 380. The van der Waals surface area contributed by atoms with Gasteiger partial charge in [-0.05, 0) is 19.1 Å². The van der Waals surface area contributed by atoms with Crippen LogP contribution in [0.4, 0.5) is 0 Å². The van der Waals surface area contributed by atoms with Crippen molar-refractivity contribution in [2.45, 2.75) is 19.9 Å². The van der Waals surface area contributed by atoms with Crippen LogP contribution in [0.5, 0.6) is 0 Å². The molecule has 2 heterocycles. The minimum absolute atomic E-state index is 0.0155. The van der Waals surface area contributed by atoms with Crippen LogP contribution in [0.1, 0.15) is 17.9 Å². The fourth-order valence-electron chi connectivity index (χ4n) is 1.54. The van der Waals surface area contributed by atoms with E-state index < -0.39 is 0 Å². The van der Waals surface area contributed by atoms with Gasteiger partial charge in [0.2, 0.25) is 5.91 Å². The van der Waals surface area contributed by atoms with Gasteiger partial charge in [0.05, 0.1) is 19.5 Å². The molecule has 4 heteroatoms. The van der Waals surface area contributed by atoms with Crippen molar-refractivity contribution in [3.8, 4) is 0 Å². The summed E-state index contributed by atoms with van der Waals surface area (Å²) >= 11 is 0. The van der Waals surface area contributed by atoms with E-state index in [1.54, 1.807) is 0 Å². The van der Waals surface area contributed by atoms with Crippen molar-refractivity contribution >= 4 is 11.7 Å². The Morgan fingerprint density at radius 3 is 2.71 bits per heavy atom. The number of likely N-dealkylation sites (tertiary alicyclic amines) is 1. The third kappa shape index (κ3) is 1.69. The van der Waals surface area contributed by atoms with Gasteiger partial charge in [0.1, 0.15) is 11.5 Å². The van der Waals surface area contributed by atoms with E-state index in [4.69, 9.17) is 4.42 Å². The molecule has 0 spiro atoms. The first-order chi connectivity index (χ1) is 6.65. The van der Waals surface area contributed by atoms with Crippen LogP contribution in [0, 0.1) is 6.92 Å². The van der Waals surface area contributed by atoms with Crippen LogP contribution in [0.15, 0.2) is 16.5 Å². The van der Waals surface area contributed by atoms with E-state index in [0.717, 1.165) is 11.5 Å². The predicted octanol–water partition coefficient (Wildman–Crippen LogP) is 0.889. The molecule has 2 rings (SSSR count). The lowest BCUT2D eigenvalue weighted by atomic mass is 10.3. The highest BCUT2D eigenvalue weighted by atomic mass is 16.3. The highest BCUT2D eigenvalue weighted by molar-refractivity contribution is 6.05. The summed E-state index contributed by atoms with van der Waals surface area (Å²) in [5.41, 5.74) is 0. The van der Waals surface area contributed by atoms with E-state index in [1.807, 2.05) is 19.1 Å². The SMILES string of the molecule is Cc1ccc(CN2CC(=O)CC2=O)o1. The van der Waals surface area contributed by atoms with Crippen molar-refractivity contribution in [3.05, 3.63) is 23.7 Å². The van der Waals surface area contributed by atoms with E-state index >= 15 is 0 Å². The van der Waals surface area contributed by atoms with Gasteiger partial charge in [0, 0.05) is 0 Å². The number of Topliss-reactive ketones (excluding diaryl/α,β-unsaturated/α-hetero) is 1. The molecule has 0 atom stereocenters. The second-order valence-corrected chi connectivity index (χ2v) is 3.48. The second-order valence-electron chi connectivity index (χ2n) is 3.48. The van der Waals surface area contributed by atoms with Crippen LogP contribution in [-0.4, -0.2) is 23.1 Å². The van der Waals surface area contributed by atoms with Crippen LogP contribution in [0.25, 0.3) is 0 Å². The highest BCUT2D eigenvalue weighted by Gasteiger charge is 2.27. The maximum absolute atomic E-state index is 11.3. The van der Waals surface area contributed by atoms with E-state index in [-0.39, 0.29) is 24.7 Å². The average Bonchev–Trinajstić information content (AvgIpc) is 2.61. The molecule has 74 valence electrons. The molecule has 0 aromatic carbocycles. The summed E-state index contributed by atoms with van der Waals surface area (Å²) in [6, 6.07) is 3.67. The van der Waals surface area contributed by atoms with Gasteiger partial charge in [-0.1, -0.05) is 0 Å². The Morgan fingerprint density at radius 2 is 2.21 bits per heavy atom. The monoisotopic (exact) mass is 193 g/mol. The van der Waals surface area contributed by atoms with E-state index in [1.165, 1.54) is 4.90 Å². The zero-order valence-electron chi connectivity index (χ0n) is 7.95. The average molecular weight is 193 g/mol. The third-order valence-electron chi connectivity index (χ3n) is 2.21. The summed E-state index contributed by atoms with van der Waals surface area (Å²) in [5.74, 6) is 1.42. The topological polar surface area (TPSA) is 50.5 Å². The number of hydrogen-bond acceptors (Lipinski definition) is 3. The van der Waals surface area contributed by atoms with Crippen molar-refractivity contribution < 1.29 is 14.0 Å². The zero-order valence-corrected chi connectivity index (χ0v) is 7.95. The standard InChI is InChI=1S/C10H11NO3/c1-7-2-3-9(14-7)6-11-5-8(12)4-10(11)13/h2-3H,4-6H2,1H3. The molecule has 1 aromatic rings. The Balaban J connectivity index is 2.05. The summed E-state index contributed by atoms with van der Waals surface area (Å²) in [4.78, 5) is 23.7. The predicted molar refractivity (Wildman–Crippen MR) is 48.5 cm³/mol. The molecule has 1 fully saturated rings. The number of hydrogen-bond donors (Lipinski definition) is 0. The summed E-state index contributed by atoms with van der Waals surface area (Å²) in [5, 5.41) is 0. The Kier molecular flexibility index (Phi) is 2.11. The van der Waals surface area contributed by atoms with Gasteiger partial charge >= 0.3 is 0 Å². The van der Waals surface area contributed by atoms with Gasteiger partial charge in [-0.3, -0.25) is 9.59 Å². The first-order valence-corrected chi connectivity index (χ1v) is 4.50. The largest absolute Gasteiger partial charge is 0.464 e. The fourth-order valence-corrected chi connectivity index (χ4v) is 1.54. The summed E-state index contributed by atoms with van der Waals surface area (Å²) in [7, 11) is 0. The van der Waals surface area contributed by atoms with Crippen molar-refractivity contribution in [1.29, 1.82) is 0 Å². The summed E-state index contributed by atoms with van der Waals surface area (Å²) in [6.07, 6.45) is 0.0414. The molecule has 1 saturated heterocycles. The quantitative estimate of drug-likeness (QED) is 0.655. The number of nitrogens with zero attached hydrogens (tertiary/aromatic N) is 1. The van der Waals surface area contributed by atoms with Gasteiger partial charge in [0.25, 0.3) is 0 Å². The molecule has 1 aromatic heterocycles. The molecular weight excluding hydrogens is 182 g/mol. The number of ketones is 1. The number of rotatable bonds is 2. The number of aryl methyl sites for hydroxylation is 1. The molecule has 0 saturated carbocycles. The Hall–Kier alpha value is -1.58. The molecule has 14 heavy (non-hydrogen) atoms. The minimum atomic E-state index is -0.107. The molecular formula is C10H11NO3. The summed E-state index contributed by atoms with van der Waals surface area (Å²) in [6.45, 7) is 2.47. The molecule has 0 radical (unpaired) electrons. The van der Waals surface area contributed by atoms with E-state index in [9.17, 15) is 9.59 Å². The molecule has 1 amide bonds. The van der Waals surface area contributed by atoms with Gasteiger partial charge in [-0.25, -0.2) is 0 Å². The first kappa shape index (κ1) is 8.99. The fraction of sp³-hybridized carbons (Fsp3) is 0.400. The van der Waals surface area contributed by atoms with Crippen LogP contribution in [0.3, 0.4) is 0 Å². The smallest absolute Gasteiger partial charge is 0.230 e. The van der Waals surface area contributed by atoms with Crippen molar-refractivity contribution in [2.24, 2.45) is 0 Å². The zero-order chi connectivity index (χ0) is 10.1. The highest BCUT2D eigenvalue weighted by Crippen LogP contribution is 2.14. The van der Waals surface area contributed by atoms with Crippen LogP contribution >= 0.6 is 0 Å². The molecule has 1 aliphatic rings. The van der Waals surface area contributed by atoms with Gasteiger partial charge in [-0.15, -0.1) is 0 Å². The van der Waals surface area contributed by atoms with Crippen LogP contribution in [0.2, 0.25) is 0 Å². The lowest BCUT2D eigenvalue weighted by Gasteiger charge is -2.11. The maximum atomic E-state index is 11.3. The number of amides is 1. The molecule has 1 aliphatic heterocycles. The van der Waals surface area contributed by atoms with Crippen molar-refractivity contribution in [1.82, 2.24) is 4.90 Å². The number of carbonyl (C=O) groups is 2. The normalized spacial score (nSPS) is 16.8. The lowest BCUT2D eigenvalue weighted by Crippen LogP contribution is -2.24. The minimum Gasteiger partial charge on any atom is -0.464 e. The molecule has 0 unspecified atom stereocenters. The maximum Gasteiger partial charge on any atom is 0.230 e. The Labute approximate surface area is 81.5 Å². The Morgan fingerprint density at radius 1 is 1.43 bits per heavy atom. The van der Waals surface area contributed by atoms with Gasteiger partial charge in [0.15, 0.2) is 5.78 Å². The van der Waals surface area contributed by atoms with Crippen LogP contribution in [-0.2, 0) is 16.1 Å². The molecule has 0 bridgehead atoms. The lowest BCUT2D eigenvalue weighted by molar-refractivity contribution is -0.128. The van der Waals surface area contributed by atoms with Crippen molar-refractivity contribution in [2.75, 3.05) is 6.54 Å². The number of carbonyl (C=O) groups excluding carboxylic acids is 2. The third-order valence-corrected chi connectivity index (χ3v) is 2.21. The molecule has 0 N–H and O–H groups in total. The van der Waals surface area contributed by atoms with E-state index in [0.29, 0.717) is 6.54 Å². The van der Waals surface area contributed by atoms with Crippen LogP contribution < -0.4 is 0 Å². The van der Waals surface area contributed by atoms with E-state index in [2.05, 4.69) is 0 Å². The molecule has 4 nitrogen and oxygen atoms in total. The first-order valence-electron chi connectivity index (χ1n) is 4.50. The second kappa shape index (κ2) is 3.29. The number of furan rings is 1. The molecule has 0 aliphatic carbocycles. The van der Waals surface area contributed by atoms with Crippen molar-refractivity contribution in [3.63, 3.8) is 0 Å². The van der Waals surface area contributed by atoms with Gasteiger partial charge in [-0.2, -0.15) is 0 Å². The van der Waals surface area contributed by atoms with Gasteiger partial charge < -0.3 is 9.32 Å².